The molecule has 10 nitrogen and oxygen atoms in total. The first kappa shape index (κ1) is 24.6. The van der Waals surface area contributed by atoms with Crippen LogP contribution < -0.4 is 15.5 Å². The molecule has 0 spiro atoms. The fraction of sp³-hybridized carbons (Fsp3) is 0.160. The summed E-state index contributed by atoms with van der Waals surface area (Å²) in [5, 5.41) is 28.2. The van der Waals surface area contributed by atoms with E-state index in [1.807, 2.05) is 29.2 Å². The number of rotatable bonds is 5. The minimum atomic E-state index is -0.584. The van der Waals surface area contributed by atoms with E-state index in [1.165, 1.54) is 29.5 Å². The number of carbonyl (C=O) groups excluding carboxylic acids is 1. The van der Waals surface area contributed by atoms with Gasteiger partial charge in [0.2, 0.25) is 0 Å². The van der Waals surface area contributed by atoms with Crippen LogP contribution in [0, 0.1) is 10.1 Å². The molecule has 1 saturated heterocycles. The van der Waals surface area contributed by atoms with Crippen molar-refractivity contribution in [3.63, 3.8) is 0 Å². The summed E-state index contributed by atoms with van der Waals surface area (Å²) >= 11 is 6.74. The second-order valence-corrected chi connectivity index (χ2v) is 9.63. The maximum atomic E-state index is 12.8. The van der Waals surface area contributed by atoms with Crippen molar-refractivity contribution in [1.82, 2.24) is 10.3 Å². The van der Waals surface area contributed by atoms with Gasteiger partial charge in [-0.3, -0.25) is 20.2 Å². The molecule has 5 rings (SSSR count). The molecule has 1 aromatic heterocycles. The Morgan fingerprint density at radius 1 is 1.14 bits per heavy atom. The summed E-state index contributed by atoms with van der Waals surface area (Å²) in [6.45, 7) is 2.03. The van der Waals surface area contributed by atoms with Crippen molar-refractivity contribution in [3.05, 3.63) is 76.3 Å². The van der Waals surface area contributed by atoms with Gasteiger partial charge in [0.15, 0.2) is 5.11 Å². The van der Waals surface area contributed by atoms with Gasteiger partial charge >= 0.3 is 0 Å². The molecule has 3 aromatic carbocycles. The Balaban J connectivity index is 1.30. The van der Waals surface area contributed by atoms with Crippen molar-refractivity contribution < 1.29 is 19.6 Å². The number of phenols is 1. The lowest BCUT2D eigenvalue weighted by Gasteiger charge is -2.28. The van der Waals surface area contributed by atoms with Crippen LogP contribution in [0.3, 0.4) is 0 Å². The number of aromatic nitrogens is 1. The third-order valence-electron chi connectivity index (χ3n) is 5.79. The third-order valence-corrected chi connectivity index (χ3v) is 7.07. The van der Waals surface area contributed by atoms with E-state index in [0.29, 0.717) is 48.2 Å². The number of carbonyl (C=O) groups is 1. The first-order valence-corrected chi connectivity index (χ1v) is 12.5. The zero-order valence-electron chi connectivity index (χ0n) is 19.3. The van der Waals surface area contributed by atoms with Crippen LogP contribution >= 0.6 is 23.6 Å². The van der Waals surface area contributed by atoms with Crippen molar-refractivity contribution in [3.8, 4) is 16.3 Å². The monoisotopic (exact) mass is 535 g/mol. The third kappa shape index (κ3) is 5.35. The summed E-state index contributed by atoms with van der Waals surface area (Å²) in [6, 6.07) is 16.8. The van der Waals surface area contributed by atoms with Gasteiger partial charge < -0.3 is 20.1 Å². The van der Waals surface area contributed by atoms with Crippen LogP contribution in [0.4, 0.5) is 17.1 Å². The second kappa shape index (κ2) is 10.5. The number of aromatic hydroxyl groups is 1. The van der Waals surface area contributed by atoms with Gasteiger partial charge in [0, 0.05) is 30.4 Å². The molecule has 188 valence electrons. The number of nitro benzene ring substituents is 1. The van der Waals surface area contributed by atoms with E-state index in [-0.39, 0.29) is 22.1 Å². The number of thiocarbonyl (C=S) groups is 1. The average Bonchev–Trinajstić information content (AvgIpc) is 3.34. The molecule has 4 aromatic rings. The summed E-state index contributed by atoms with van der Waals surface area (Å²) < 4.78 is 6.31. The van der Waals surface area contributed by atoms with Gasteiger partial charge in [-0.2, -0.15) is 0 Å². The highest BCUT2D eigenvalue weighted by atomic mass is 32.1. The number of thiazole rings is 1. The number of benzene rings is 3. The summed E-state index contributed by atoms with van der Waals surface area (Å²) in [5.41, 5.74) is 2.27. The van der Waals surface area contributed by atoms with Gasteiger partial charge in [0.05, 0.1) is 33.9 Å². The van der Waals surface area contributed by atoms with Gasteiger partial charge in [0.25, 0.3) is 11.6 Å². The number of nitrogens with one attached hydrogen (secondary N) is 2. The Morgan fingerprint density at radius 2 is 1.92 bits per heavy atom. The lowest BCUT2D eigenvalue weighted by Crippen LogP contribution is -2.37. The number of anilines is 2. The van der Waals surface area contributed by atoms with E-state index < -0.39 is 10.8 Å². The van der Waals surface area contributed by atoms with E-state index in [0.717, 1.165) is 10.2 Å². The zero-order valence-corrected chi connectivity index (χ0v) is 21.0. The molecule has 1 fully saturated rings. The van der Waals surface area contributed by atoms with Crippen LogP contribution in [-0.2, 0) is 4.74 Å². The fourth-order valence-corrected chi connectivity index (χ4v) is 5.19. The van der Waals surface area contributed by atoms with E-state index in [2.05, 4.69) is 15.6 Å². The zero-order chi connectivity index (χ0) is 25.9. The molecule has 0 bridgehead atoms. The number of hydrogen-bond acceptors (Lipinski definition) is 9. The smallest absolute Gasteiger partial charge is 0.293 e. The summed E-state index contributed by atoms with van der Waals surface area (Å²) in [5.74, 6) is -0.522. The number of para-hydroxylation sites is 1. The molecular formula is C25H21N5O5S2. The first-order valence-electron chi connectivity index (χ1n) is 11.3. The van der Waals surface area contributed by atoms with Crippen molar-refractivity contribution in [2.45, 2.75) is 0 Å². The Kier molecular flexibility index (Phi) is 6.95. The first-order chi connectivity index (χ1) is 17.9. The number of amides is 1. The number of phenolic OH excluding ortho intramolecular Hbond substituents is 1. The normalized spacial score (nSPS) is 13.4. The second-order valence-electron chi connectivity index (χ2n) is 8.19. The predicted octanol–water partition coefficient (Wildman–Crippen LogP) is 4.54. The van der Waals surface area contributed by atoms with Gasteiger partial charge in [-0.15, -0.1) is 11.3 Å². The molecular weight excluding hydrogens is 514 g/mol. The molecule has 0 saturated carbocycles. The average molecular weight is 536 g/mol. The molecule has 12 heteroatoms. The standard InChI is InChI=1S/C25H21N5O5S2/c31-21-8-6-16(14-17(21)24-27-18-3-1-2-4-22(18)37-24)26-25(36)28-23(32)15-5-7-19(20(13-15)30(33)34)29-9-11-35-12-10-29/h1-8,13-14,31H,9-12H2,(H2,26,28,32,36). The van der Waals surface area contributed by atoms with Crippen molar-refractivity contribution >= 4 is 61.9 Å². The van der Waals surface area contributed by atoms with Crippen molar-refractivity contribution in [1.29, 1.82) is 0 Å². The lowest BCUT2D eigenvalue weighted by molar-refractivity contribution is -0.384. The maximum Gasteiger partial charge on any atom is 0.293 e. The molecule has 3 N–H and O–H groups in total. The number of nitro groups is 1. The molecule has 1 aliphatic heterocycles. The van der Waals surface area contributed by atoms with E-state index in [4.69, 9.17) is 17.0 Å². The Bertz CT molecular complexity index is 1480. The van der Waals surface area contributed by atoms with Crippen molar-refractivity contribution in [2.24, 2.45) is 0 Å². The predicted molar refractivity (Wildman–Crippen MR) is 147 cm³/mol. The van der Waals surface area contributed by atoms with Gasteiger partial charge in [-0.1, -0.05) is 12.1 Å². The number of morpholine rings is 1. The maximum absolute atomic E-state index is 12.8. The van der Waals surface area contributed by atoms with Crippen LogP contribution in [0.25, 0.3) is 20.8 Å². The molecule has 1 aliphatic rings. The number of hydrogen-bond donors (Lipinski definition) is 3. The number of ether oxygens (including phenoxy) is 1. The van der Waals surface area contributed by atoms with Crippen LogP contribution in [0.1, 0.15) is 10.4 Å². The molecule has 0 unspecified atom stereocenters. The van der Waals surface area contributed by atoms with Crippen LogP contribution in [0.5, 0.6) is 5.75 Å². The molecule has 0 atom stereocenters. The van der Waals surface area contributed by atoms with Gasteiger partial charge in [0.1, 0.15) is 16.4 Å². The van der Waals surface area contributed by atoms with E-state index in [9.17, 15) is 20.0 Å². The Labute approximate surface area is 220 Å². The lowest BCUT2D eigenvalue weighted by atomic mass is 10.1. The molecule has 0 radical (unpaired) electrons. The Morgan fingerprint density at radius 3 is 2.68 bits per heavy atom. The molecule has 1 amide bonds. The van der Waals surface area contributed by atoms with Gasteiger partial charge in [-0.05, 0) is 54.7 Å². The Hall–Kier alpha value is -4.13. The quantitative estimate of drug-likeness (QED) is 0.146. The van der Waals surface area contributed by atoms with Crippen LogP contribution in [0.2, 0.25) is 0 Å². The highest BCUT2D eigenvalue weighted by Gasteiger charge is 2.23. The molecule has 2 heterocycles. The summed E-state index contributed by atoms with van der Waals surface area (Å²) in [4.78, 5) is 30.4. The molecule has 37 heavy (non-hydrogen) atoms. The SMILES string of the molecule is O=C(NC(=S)Nc1ccc(O)c(-c2nc3ccccc3s2)c1)c1ccc(N2CCOCC2)c([N+](=O)[O-])c1. The minimum Gasteiger partial charge on any atom is -0.507 e. The highest BCUT2D eigenvalue weighted by molar-refractivity contribution is 7.80. The summed E-state index contributed by atoms with van der Waals surface area (Å²) in [7, 11) is 0. The van der Waals surface area contributed by atoms with E-state index in [1.54, 1.807) is 18.2 Å². The number of nitrogens with zero attached hydrogens (tertiary/aromatic N) is 3. The highest BCUT2D eigenvalue weighted by Crippen LogP contribution is 2.36. The largest absolute Gasteiger partial charge is 0.507 e. The van der Waals surface area contributed by atoms with Crippen molar-refractivity contribution in [2.75, 3.05) is 36.5 Å². The summed E-state index contributed by atoms with van der Waals surface area (Å²) in [6.07, 6.45) is 0. The topological polar surface area (TPSA) is 130 Å². The number of fused-ring (bicyclic) bond motifs is 1. The van der Waals surface area contributed by atoms with Crippen LogP contribution in [0.15, 0.2) is 60.7 Å². The molecule has 0 aliphatic carbocycles. The minimum absolute atomic E-state index is 0.00542. The van der Waals surface area contributed by atoms with Crippen LogP contribution in [-0.4, -0.2) is 52.3 Å². The van der Waals surface area contributed by atoms with Gasteiger partial charge in [-0.25, -0.2) is 4.98 Å². The van der Waals surface area contributed by atoms with E-state index >= 15 is 0 Å². The fourth-order valence-electron chi connectivity index (χ4n) is 3.99.